The van der Waals surface area contributed by atoms with Gasteiger partial charge in [-0.15, -0.1) is 0 Å². The maximum absolute atomic E-state index is 12.3. The molecule has 2 aliphatic rings. The molecule has 2 aliphatic carbocycles. The lowest BCUT2D eigenvalue weighted by Gasteiger charge is -2.25. The molecule has 4 nitrogen and oxygen atoms in total. The number of benzene rings is 1. The topological polar surface area (TPSA) is 66.4 Å². The van der Waals surface area contributed by atoms with E-state index in [1.54, 1.807) is 0 Å². The highest BCUT2D eigenvalue weighted by atomic mass is 16.4. The Kier molecular flexibility index (Phi) is 3.95. The van der Waals surface area contributed by atoms with Gasteiger partial charge in [0.1, 0.15) is 0 Å². The summed E-state index contributed by atoms with van der Waals surface area (Å²) in [5.74, 6) is -1.34. The summed E-state index contributed by atoms with van der Waals surface area (Å²) < 4.78 is 0. The zero-order valence-corrected chi connectivity index (χ0v) is 12.1. The number of amides is 1. The van der Waals surface area contributed by atoms with Crippen LogP contribution in [-0.4, -0.2) is 17.0 Å². The number of aryl methyl sites for hydroxylation is 2. The van der Waals surface area contributed by atoms with Gasteiger partial charge in [-0.1, -0.05) is 12.5 Å². The molecule has 0 heterocycles. The predicted octanol–water partition coefficient (Wildman–Crippen LogP) is 3.00. The quantitative estimate of drug-likeness (QED) is 0.898. The first-order chi connectivity index (χ1) is 10.1. The number of carboxylic acid groups (broad SMARTS) is 1. The van der Waals surface area contributed by atoms with Crippen LogP contribution in [0.3, 0.4) is 0 Å². The molecule has 4 heteroatoms. The monoisotopic (exact) mass is 287 g/mol. The van der Waals surface area contributed by atoms with Crippen LogP contribution >= 0.6 is 0 Å². The third-order valence-electron chi connectivity index (χ3n) is 4.76. The summed E-state index contributed by atoms with van der Waals surface area (Å²) in [5.41, 5.74) is 3.56. The molecule has 0 radical (unpaired) electrons. The molecule has 0 bridgehead atoms. The van der Waals surface area contributed by atoms with Crippen molar-refractivity contribution in [1.29, 1.82) is 0 Å². The van der Waals surface area contributed by atoms with Crippen molar-refractivity contribution < 1.29 is 14.7 Å². The molecule has 2 unspecified atom stereocenters. The molecule has 1 aromatic rings. The Balaban J connectivity index is 1.64. The number of anilines is 1. The standard InChI is InChI=1S/C17H21NO3/c19-16(13-5-2-6-14(9-13)17(20)21)18-15-8-7-11-3-1-4-12(11)10-15/h7-8,10,13-14H,1-6,9H2,(H,18,19)(H,20,21). The van der Waals surface area contributed by atoms with Crippen LogP contribution in [0.1, 0.15) is 43.2 Å². The van der Waals surface area contributed by atoms with Crippen LogP contribution in [-0.2, 0) is 22.4 Å². The van der Waals surface area contributed by atoms with Crippen molar-refractivity contribution in [3.8, 4) is 0 Å². The van der Waals surface area contributed by atoms with Crippen LogP contribution in [0.25, 0.3) is 0 Å². The number of hydrogen-bond acceptors (Lipinski definition) is 2. The number of nitrogens with one attached hydrogen (secondary N) is 1. The van der Waals surface area contributed by atoms with Gasteiger partial charge in [0.05, 0.1) is 5.92 Å². The molecule has 1 aromatic carbocycles. The van der Waals surface area contributed by atoms with Crippen molar-refractivity contribution in [3.63, 3.8) is 0 Å². The van der Waals surface area contributed by atoms with Gasteiger partial charge in [0, 0.05) is 11.6 Å². The van der Waals surface area contributed by atoms with Gasteiger partial charge in [-0.2, -0.15) is 0 Å². The molecular formula is C17H21NO3. The van der Waals surface area contributed by atoms with E-state index in [1.165, 1.54) is 17.5 Å². The third kappa shape index (κ3) is 3.09. The van der Waals surface area contributed by atoms with Crippen molar-refractivity contribution in [2.24, 2.45) is 11.8 Å². The number of fused-ring (bicyclic) bond motifs is 1. The summed E-state index contributed by atoms with van der Waals surface area (Å²) in [7, 11) is 0. The molecule has 1 saturated carbocycles. The van der Waals surface area contributed by atoms with Gasteiger partial charge in [-0.05, 0) is 61.8 Å². The molecule has 2 atom stereocenters. The van der Waals surface area contributed by atoms with E-state index in [0.717, 1.165) is 31.4 Å². The summed E-state index contributed by atoms with van der Waals surface area (Å²) in [6, 6.07) is 6.12. The smallest absolute Gasteiger partial charge is 0.306 e. The van der Waals surface area contributed by atoms with Crippen LogP contribution in [0.4, 0.5) is 5.69 Å². The number of carbonyl (C=O) groups excluding carboxylic acids is 1. The van der Waals surface area contributed by atoms with Gasteiger partial charge >= 0.3 is 5.97 Å². The first-order valence-corrected chi connectivity index (χ1v) is 7.79. The average molecular weight is 287 g/mol. The van der Waals surface area contributed by atoms with Crippen LogP contribution in [0.5, 0.6) is 0 Å². The molecule has 0 aromatic heterocycles. The molecule has 21 heavy (non-hydrogen) atoms. The highest BCUT2D eigenvalue weighted by molar-refractivity contribution is 5.93. The van der Waals surface area contributed by atoms with Crippen LogP contribution in [0.15, 0.2) is 18.2 Å². The fourth-order valence-corrected chi connectivity index (χ4v) is 3.55. The largest absolute Gasteiger partial charge is 0.481 e. The lowest BCUT2D eigenvalue weighted by molar-refractivity contribution is -0.143. The fourth-order valence-electron chi connectivity index (χ4n) is 3.55. The van der Waals surface area contributed by atoms with E-state index in [1.807, 2.05) is 6.07 Å². The van der Waals surface area contributed by atoms with Crippen LogP contribution in [0, 0.1) is 11.8 Å². The molecule has 0 aliphatic heterocycles. The summed E-state index contributed by atoms with van der Waals surface area (Å²) in [4.78, 5) is 23.4. The molecule has 2 N–H and O–H groups in total. The van der Waals surface area contributed by atoms with E-state index < -0.39 is 5.97 Å². The number of rotatable bonds is 3. The molecule has 0 saturated heterocycles. The van der Waals surface area contributed by atoms with Crippen molar-refractivity contribution in [3.05, 3.63) is 29.3 Å². The second kappa shape index (κ2) is 5.88. The van der Waals surface area contributed by atoms with Crippen molar-refractivity contribution in [2.75, 3.05) is 5.32 Å². The fraction of sp³-hybridized carbons (Fsp3) is 0.529. The second-order valence-corrected chi connectivity index (χ2v) is 6.22. The van der Waals surface area contributed by atoms with Crippen molar-refractivity contribution in [1.82, 2.24) is 0 Å². The molecule has 1 fully saturated rings. The Morgan fingerprint density at radius 3 is 2.62 bits per heavy atom. The summed E-state index contributed by atoms with van der Waals surface area (Å²) in [6.07, 6.45) is 6.18. The Labute approximate surface area is 124 Å². The minimum absolute atomic E-state index is 0.0288. The first kappa shape index (κ1) is 14.1. The summed E-state index contributed by atoms with van der Waals surface area (Å²) in [6.45, 7) is 0. The van der Waals surface area contributed by atoms with Crippen molar-refractivity contribution in [2.45, 2.75) is 44.9 Å². The molecule has 3 rings (SSSR count). The summed E-state index contributed by atoms with van der Waals surface area (Å²) >= 11 is 0. The van der Waals surface area contributed by atoms with E-state index in [2.05, 4.69) is 17.4 Å². The number of hydrogen-bond donors (Lipinski definition) is 2. The predicted molar refractivity (Wildman–Crippen MR) is 80.2 cm³/mol. The first-order valence-electron chi connectivity index (χ1n) is 7.79. The van der Waals surface area contributed by atoms with E-state index in [-0.39, 0.29) is 17.7 Å². The molecular weight excluding hydrogens is 266 g/mol. The van der Waals surface area contributed by atoms with E-state index in [0.29, 0.717) is 12.8 Å². The second-order valence-electron chi connectivity index (χ2n) is 6.22. The zero-order valence-electron chi connectivity index (χ0n) is 12.1. The third-order valence-corrected chi connectivity index (χ3v) is 4.76. The lowest BCUT2D eigenvalue weighted by atomic mass is 9.81. The van der Waals surface area contributed by atoms with E-state index >= 15 is 0 Å². The van der Waals surface area contributed by atoms with Gasteiger partial charge in [-0.25, -0.2) is 0 Å². The van der Waals surface area contributed by atoms with E-state index in [9.17, 15) is 9.59 Å². The van der Waals surface area contributed by atoms with Crippen molar-refractivity contribution >= 4 is 17.6 Å². The Morgan fingerprint density at radius 1 is 1.05 bits per heavy atom. The minimum Gasteiger partial charge on any atom is -0.481 e. The normalized spacial score (nSPS) is 24.4. The van der Waals surface area contributed by atoms with Gasteiger partial charge in [0.2, 0.25) is 5.91 Å². The zero-order chi connectivity index (χ0) is 14.8. The van der Waals surface area contributed by atoms with Gasteiger partial charge in [-0.3, -0.25) is 9.59 Å². The Bertz CT molecular complexity index is 567. The number of carbonyl (C=O) groups is 2. The molecule has 112 valence electrons. The SMILES string of the molecule is O=C(O)C1CCCC(C(=O)Nc2ccc3c(c2)CCC3)C1. The van der Waals surface area contributed by atoms with Gasteiger partial charge in [0.15, 0.2) is 0 Å². The maximum Gasteiger partial charge on any atom is 0.306 e. The van der Waals surface area contributed by atoms with Crippen LogP contribution < -0.4 is 5.32 Å². The highest BCUT2D eigenvalue weighted by Gasteiger charge is 2.31. The molecule has 0 spiro atoms. The number of aliphatic carboxylic acids is 1. The average Bonchev–Trinajstić information content (AvgIpc) is 2.95. The molecule has 1 amide bonds. The Hall–Kier alpha value is -1.84. The number of carboxylic acids is 1. The highest BCUT2D eigenvalue weighted by Crippen LogP contribution is 2.31. The maximum atomic E-state index is 12.3. The van der Waals surface area contributed by atoms with Gasteiger partial charge in [0.25, 0.3) is 0 Å². The van der Waals surface area contributed by atoms with Crippen LogP contribution in [0.2, 0.25) is 0 Å². The Morgan fingerprint density at radius 2 is 1.81 bits per heavy atom. The van der Waals surface area contributed by atoms with Gasteiger partial charge < -0.3 is 10.4 Å². The minimum atomic E-state index is -0.773. The van der Waals surface area contributed by atoms with E-state index in [4.69, 9.17) is 5.11 Å². The summed E-state index contributed by atoms with van der Waals surface area (Å²) in [5, 5.41) is 12.1. The lowest BCUT2D eigenvalue weighted by Crippen LogP contribution is -2.30.